The van der Waals surface area contributed by atoms with E-state index in [2.05, 4.69) is 19.8 Å². The van der Waals surface area contributed by atoms with Gasteiger partial charge in [0.15, 0.2) is 0 Å². The number of anilines is 1. The highest BCUT2D eigenvalue weighted by Crippen LogP contribution is 2.15. The highest BCUT2D eigenvalue weighted by atomic mass is 32.2. The molecule has 0 unspecified atom stereocenters. The van der Waals surface area contributed by atoms with Crippen molar-refractivity contribution in [3.05, 3.63) is 29.8 Å². The van der Waals surface area contributed by atoms with E-state index in [4.69, 9.17) is 0 Å². The Balaban J connectivity index is 2.36. The van der Waals surface area contributed by atoms with E-state index in [0.29, 0.717) is 11.4 Å². The van der Waals surface area contributed by atoms with E-state index in [1.54, 1.807) is 27.0 Å². The zero-order valence-corrected chi connectivity index (χ0v) is 11.1. The lowest BCUT2D eigenvalue weighted by molar-refractivity contribution is 0.600. The van der Waals surface area contributed by atoms with Gasteiger partial charge in [-0.1, -0.05) is 0 Å². The molecule has 0 aliphatic carbocycles. The van der Waals surface area contributed by atoms with E-state index in [1.807, 2.05) is 0 Å². The first kappa shape index (κ1) is 12.5. The smallest absolute Gasteiger partial charge is 0.267 e. The van der Waals surface area contributed by atoms with Crippen LogP contribution < -0.4 is 4.72 Å². The van der Waals surface area contributed by atoms with E-state index in [9.17, 15) is 8.42 Å². The Morgan fingerprint density at radius 2 is 2.06 bits per heavy atom. The molecule has 0 atom stereocenters. The third-order valence-corrected chi connectivity index (χ3v) is 3.71. The average molecular weight is 267 g/mol. The van der Waals surface area contributed by atoms with Crippen LogP contribution in [-0.2, 0) is 17.1 Å². The number of hydrogen-bond donors (Lipinski definition) is 1. The largest absolute Gasteiger partial charge is 0.274 e. The lowest BCUT2D eigenvalue weighted by Crippen LogP contribution is -2.15. The molecule has 7 nitrogen and oxygen atoms in total. The van der Waals surface area contributed by atoms with Crippen molar-refractivity contribution >= 4 is 16.0 Å². The Kier molecular flexibility index (Phi) is 3.04. The minimum absolute atomic E-state index is 0.0539. The van der Waals surface area contributed by atoms with Crippen molar-refractivity contribution in [1.29, 1.82) is 0 Å². The molecule has 0 bridgehead atoms. The molecule has 2 aromatic rings. The van der Waals surface area contributed by atoms with Crippen molar-refractivity contribution in [2.24, 2.45) is 7.05 Å². The van der Waals surface area contributed by atoms with Crippen LogP contribution in [0, 0.1) is 13.8 Å². The molecule has 0 saturated carbocycles. The molecule has 0 amide bonds. The van der Waals surface area contributed by atoms with Crippen LogP contribution >= 0.6 is 0 Å². The van der Waals surface area contributed by atoms with Crippen LogP contribution in [-0.4, -0.2) is 28.2 Å². The molecule has 18 heavy (non-hydrogen) atoms. The molecular formula is C10H13N5O2S. The van der Waals surface area contributed by atoms with Gasteiger partial charge in [0.05, 0.1) is 5.69 Å². The Hall–Kier alpha value is -1.96. The van der Waals surface area contributed by atoms with Gasteiger partial charge in [-0.25, -0.2) is 23.1 Å². The second-order valence-corrected chi connectivity index (χ2v) is 5.53. The Morgan fingerprint density at radius 1 is 1.33 bits per heavy atom. The summed E-state index contributed by atoms with van der Waals surface area (Å²) in [5.74, 6) is 0.0539. The lowest BCUT2D eigenvalue weighted by atomic mass is 10.5. The highest BCUT2D eigenvalue weighted by Gasteiger charge is 2.20. The molecule has 0 aromatic carbocycles. The summed E-state index contributed by atoms with van der Waals surface area (Å²) in [6.45, 7) is 3.39. The first-order valence-corrected chi connectivity index (χ1v) is 6.69. The maximum absolute atomic E-state index is 12.1. The number of nitrogens with zero attached hydrogens (tertiary/aromatic N) is 4. The molecule has 2 heterocycles. The molecule has 0 aliphatic rings. The molecule has 0 aliphatic heterocycles. The topological polar surface area (TPSA) is 89.8 Å². The molecule has 1 N–H and O–H groups in total. The molecular weight excluding hydrogens is 254 g/mol. The standard InChI is InChI=1S/C10H13N5O2S/c1-7-4-5-11-10(12-7)14-18(16,17)9-6-15(3)13-8(9)2/h4-6H,1-3H3,(H,11,12,14). The summed E-state index contributed by atoms with van der Waals surface area (Å²) in [7, 11) is -2.04. The van der Waals surface area contributed by atoms with Crippen molar-refractivity contribution in [2.45, 2.75) is 18.7 Å². The van der Waals surface area contributed by atoms with Crippen LogP contribution in [0.4, 0.5) is 5.95 Å². The fourth-order valence-electron chi connectivity index (χ4n) is 1.51. The Bertz CT molecular complexity index is 677. The molecule has 96 valence electrons. The Morgan fingerprint density at radius 3 is 2.61 bits per heavy atom. The number of sulfonamides is 1. The van der Waals surface area contributed by atoms with Crippen molar-refractivity contribution in [3.63, 3.8) is 0 Å². The summed E-state index contributed by atoms with van der Waals surface area (Å²) in [6.07, 6.45) is 2.93. The number of rotatable bonds is 3. The second-order valence-electron chi connectivity index (χ2n) is 3.88. The Labute approximate surface area is 105 Å². The van der Waals surface area contributed by atoms with Crippen LogP contribution in [0.25, 0.3) is 0 Å². The molecule has 2 rings (SSSR count). The summed E-state index contributed by atoms with van der Waals surface area (Å²) in [5.41, 5.74) is 1.11. The average Bonchev–Trinajstić information content (AvgIpc) is 2.58. The number of hydrogen-bond acceptors (Lipinski definition) is 5. The van der Waals surface area contributed by atoms with Crippen LogP contribution in [0.2, 0.25) is 0 Å². The van der Waals surface area contributed by atoms with Crippen LogP contribution in [0.1, 0.15) is 11.4 Å². The maximum atomic E-state index is 12.1. The summed E-state index contributed by atoms with van der Waals surface area (Å²) in [5, 5.41) is 3.99. The van der Waals surface area contributed by atoms with Gasteiger partial charge in [-0.3, -0.25) is 4.68 Å². The zero-order valence-electron chi connectivity index (χ0n) is 10.2. The summed E-state index contributed by atoms with van der Waals surface area (Å²) >= 11 is 0. The van der Waals surface area contributed by atoms with E-state index < -0.39 is 10.0 Å². The van der Waals surface area contributed by atoms with Gasteiger partial charge in [0.2, 0.25) is 5.95 Å². The van der Waals surface area contributed by atoms with Crippen LogP contribution in [0.15, 0.2) is 23.4 Å². The van der Waals surface area contributed by atoms with Crippen molar-refractivity contribution in [1.82, 2.24) is 19.7 Å². The quantitative estimate of drug-likeness (QED) is 0.880. The van der Waals surface area contributed by atoms with Crippen LogP contribution in [0.3, 0.4) is 0 Å². The molecule has 0 fully saturated rings. The van der Waals surface area contributed by atoms with Crippen LogP contribution in [0.5, 0.6) is 0 Å². The van der Waals surface area contributed by atoms with Gasteiger partial charge in [0.1, 0.15) is 4.90 Å². The van der Waals surface area contributed by atoms with Gasteiger partial charge in [-0.15, -0.1) is 0 Å². The van der Waals surface area contributed by atoms with Gasteiger partial charge >= 0.3 is 0 Å². The number of aromatic nitrogens is 4. The summed E-state index contributed by atoms with van der Waals surface area (Å²) in [4.78, 5) is 7.97. The van der Waals surface area contributed by atoms with Crippen molar-refractivity contribution < 1.29 is 8.42 Å². The van der Waals surface area contributed by atoms with E-state index in [1.165, 1.54) is 17.1 Å². The molecule has 8 heteroatoms. The van der Waals surface area contributed by atoms with E-state index >= 15 is 0 Å². The third kappa shape index (κ3) is 2.48. The maximum Gasteiger partial charge on any atom is 0.267 e. The predicted molar refractivity (Wildman–Crippen MR) is 65.5 cm³/mol. The normalized spacial score (nSPS) is 11.5. The van der Waals surface area contributed by atoms with E-state index in [-0.39, 0.29) is 10.8 Å². The lowest BCUT2D eigenvalue weighted by Gasteiger charge is -2.05. The number of nitrogens with one attached hydrogen (secondary N) is 1. The van der Waals surface area contributed by atoms with Gasteiger partial charge in [0, 0.05) is 25.1 Å². The SMILES string of the molecule is Cc1ccnc(NS(=O)(=O)c2cn(C)nc2C)n1. The van der Waals surface area contributed by atoms with Gasteiger partial charge in [-0.2, -0.15) is 5.10 Å². The fraction of sp³-hybridized carbons (Fsp3) is 0.300. The molecule has 2 aromatic heterocycles. The van der Waals surface area contributed by atoms with Gasteiger partial charge in [0.25, 0.3) is 10.0 Å². The monoisotopic (exact) mass is 267 g/mol. The first-order chi connectivity index (χ1) is 8.38. The van der Waals surface area contributed by atoms with Crippen molar-refractivity contribution in [2.75, 3.05) is 4.72 Å². The molecule has 0 spiro atoms. The number of aryl methyl sites for hydroxylation is 3. The van der Waals surface area contributed by atoms with Crippen molar-refractivity contribution in [3.8, 4) is 0 Å². The highest BCUT2D eigenvalue weighted by molar-refractivity contribution is 7.92. The predicted octanol–water partition coefficient (Wildman–Crippen LogP) is 0.628. The molecule has 0 radical (unpaired) electrons. The zero-order chi connectivity index (χ0) is 13.3. The summed E-state index contributed by atoms with van der Waals surface area (Å²) in [6, 6.07) is 1.69. The van der Waals surface area contributed by atoms with E-state index in [0.717, 1.165) is 0 Å². The molecule has 0 saturated heterocycles. The van der Waals surface area contributed by atoms with Gasteiger partial charge < -0.3 is 0 Å². The minimum atomic E-state index is -3.70. The summed E-state index contributed by atoms with van der Waals surface area (Å²) < 4.78 is 28.0. The minimum Gasteiger partial charge on any atom is -0.274 e. The second kappa shape index (κ2) is 4.37. The van der Waals surface area contributed by atoms with Gasteiger partial charge in [-0.05, 0) is 19.9 Å². The first-order valence-electron chi connectivity index (χ1n) is 5.21. The fourth-order valence-corrected chi connectivity index (χ4v) is 2.68. The third-order valence-electron chi connectivity index (χ3n) is 2.28.